The molecule has 1 aliphatic heterocycles. The Morgan fingerprint density at radius 1 is 0.833 bits per heavy atom. The maximum atomic E-state index is 13.5. The highest BCUT2D eigenvalue weighted by atomic mass is 16.5. The SMILES string of the molecule is CCOC(=O)C1=C(C)N(c2ccc(OC)cc2)C(C(=O)OCc2ccccc2)=CC1c1ccccc1. The molecule has 0 spiro atoms. The van der Waals surface area contributed by atoms with Crippen molar-refractivity contribution in [1.29, 1.82) is 0 Å². The van der Waals surface area contributed by atoms with Crippen molar-refractivity contribution >= 4 is 17.6 Å². The second-order valence-electron chi connectivity index (χ2n) is 8.25. The van der Waals surface area contributed by atoms with Gasteiger partial charge >= 0.3 is 11.9 Å². The van der Waals surface area contributed by atoms with Crippen molar-refractivity contribution in [2.24, 2.45) is 0 Å². The lowest BCUT2D eigenvalue weighted by Crippen LogP contribution is -2.34. The minimum absolute atomic E-state index is 0.136. The van der Waals surface area contributed by atoms with E-state index in [0.29, 0.717) is 28.4 Å². The van der Waals surface area contributed by atoms with E-state index >= 15 is 0 Å². The molecule has 0 fully saturated rings. The number of hydrogen-bond acceptors (Lipinski definition) is 6. The third kappa shape index (κ3) is 5.33. The van der Waals surface area contributed by atoms with Gasteiger partial charge in [0.2, 0.25) is 0 Å². The van der Waals surface area contributed by atoms with Crippen molar-refractivity contribution in [3.05, 3.63) is 119 Å². The number of allylic oxidation sites excluding steroid dienone is 2. The van der Waals surface area contributed by atoms with Crippen LogP contribution in [0.3, 0.4) is 0 Å². The van der Waals surface area contributed by atoms with Crippen molar-refractivity contribution < 1.29 is 23.8 Å². The van der Waals surface area contributed by atoms with E-state index in [4.69, 9.17) is 14.2 Å². The summed E-state index contributed by atoms with van der Waals surface area (Å²) in [5, 5.41) is 0. The Balaban J connectivity index is 1.80. The number of nitrogens with zero attached hydrogens (tertiary/aromatic N) is 1. The normalized spacial score (nSPS) is 15.2. The molecule has 3 aromatic carbocycles. The molecule has 3 aromatic rings. The molecule has 1 aliphatic rings. The first-order valence-corrected chi connectivity index (χ1v) is 11.8. The van der Waals surface area contributed by atoms with Gasteiger partial charge in [0.1, 0.15) is 18.1 Å². The van der Waals surface area contributed by atoms with Crippen molar-refractivity contribution in [1.82, 2.24) is 0 Å². The molecule has 6 heteroatoms. The van der Waals surface area contributed by atoms with E-state index in [9.17, 15) is 9.59 Å². The Morgan fingerprint density at radius 3 is 2.08 bits per heavy atom. The van der Waals surface area contributed by atoms with Crippen LogP contribution in [0.4, 0.5) is 5.69 Å². The Bertz CT molecular complexity index is 1260. The number of ether oxygens (including phenoxy) is 3. The van der Waals surface area contributed by atoms with Crippen molar-refractivity contribution in [2.45, 2.75) is 26.4 Å². The maximum absolute atomic E-state index is 13.5. The number of carbonyl (C=O) groups excluding carboxylic acids is 2. The molecule has 0 aromatic heterocycles. The van der Waals surface area contributed by atoms with Crippen molar-refractivity contribution in [3.63, 3.8) is 0 Å². The molecule has 0 N–H and O–H groups in total. The molecule has 184 valence electrons. The third-order valence-electron chi connectivity index (χ3n) is 6.01. The molecular formula is C30H29NO5. The molecule has 1 heterocycles. The van der Waals surface area contributed by atoms with Gasteiger partial charge in [0.25, 0.3) is 0 Å². The summed E-state index contributed by atoms with van der Waals surface area (Å²) in [5.41, 5.74) is 3.86. The van der Waals surface area contributed by atoms with Crippen LogP contribution in [0.1, 0.15) is 30.9 Å². The quantitative estimate of drug-likeness (QED) is 0.380. The number of anilines is 1. The zero-order valence-electron chi connectivity index (χ0n) is 20.6. The van der Waals surface area contributed by atoms with Gasteiger partial charge in [0, 0.05) is 17.3 Å². The van der Waals surface area contributed by atoms with E-state index in [1.54, 1.807) is 25.0 Å². The van der Waals surface area contributed by atoms with E-state index in [1.807, 2.05) is 91.9 Å². The van der Waals surface area contributed by atoms with E-state index in [2.05, 4.69) is 0 Å². The fourth-order valence-electron chi connectivity index (χ4n) is 4.27. The third-order valence-corrected chi connectivity index (χ3v) is 6.01. The fraction of sp³-hybridized carbons (Fsp3) is 0.200. The van der Waals surface area contributed by atoms with Gasteiger partial charge in [-0.25, -0.2) is 9.59 Å². The van der Waals surface area contributed by atoms with Crippen LogP contribution in [0.2, 0.25) is 0 Å². The van der Waals surface area contributed by atoms with Gasteiger partial charge in [-0.1, -0.05) is 60.7 Å². The lowest BCUT2D eigenvalue weighted by molar-refractivity contribution is -0.141. The van der Waals surface area contributed by atoms with Gasteiger partial charge in [0.15, 0.2) is 0 Å². The molecule has 0 bridgehead atoms. The van der Waals surface area contributed by atoms with Gasteiger partial charge < -0.3 is 19.1 Å². The molecule has 36 heavy (non-hydrogen) atoms. The summed E-state index contributed by atoms with van der Waals surface area (Å²) in [4.78, 5) is 28.4. The minimum Gasteiger partial charge on any atom is -0.497 e. The van der Waals surface area contributed by atoms with Crippen LogP contribution < -0.4 is 9.64 Å². The molecule has 0 radical (unpaired) electrons. The van der Waals surface area contributed by atoms with Gasteiger partial charge in [-0.15, -0.1) is 0 Å². The largest absolute Gasteiger partial charge is 0.497 e. The Hall–Kier alpha value is -4.32. The van der Waals surface area contributed by atoms with Gasteiger partial charge in [-0.2, -0.15) is 0 Å². The van der Waals surface area contributed by atoms with Crippen LogP contribution >= 0.6 is 0 Å². The second-order valence-corrected chi connectivity index (χ2v) is 8.25. The summed E-state index contributed by atoms with van der Waals surface area (Å²) in [7, 11) is 1.59. The molecular weight excluding hydrogens is 454 g/mol. The molecule has 0 aliphatic carbocycles. The highest BCUT2D eigenvalue weighted by molar-refractivity contribution is 6.00. The number of hydrogen-bond donors (Lipinski definition) is 0. The van der Waals surface area contributed by atoms with E-state index < -0.39 is 17.9 Å². The summed E-state index contributed by atoms with van der Waals surface area (Å²) in [5.74, 6) is -0.699. The lowest BCUT2D eigenvalue weighted by atomic mass is 9.85. The molecule has 6 nitrogen and oxygen atoms in total. The summed E-state index contributed by atoms with van der Waals surface area (Å²) >= 11 is 0. The van der Waals surface area contributed by atoms with Crippen LogP contribution in [0, 0.1) is 0 Å². The first-order chi connectivity index (χ1) is 17.5. The topological polar surface area (TPSA) is 65.1 Å². The van der Waals surface area contributed by atoms with Gasteiger partial charge in [0.05, 0.1) is 19.3 Å². The van der Waals surface area contributed by atoms with E-state index in [1.165, 1.54) is 0 Å². The van der Waals surface area contributed by atoms with Gasteiger partial charge in [-0.3, -0.25) is 0 Å². The molecule has 0 amide bonds. The average molecular weight is 484 g/mol. The summed E-state index contributed by atoms with van der Waals surface area (Å²) in [6.07, 6.45) is 1.78. The van der Waals surface area contributed by atoms with E-state index in [0.717, 1.165) is 11.1 Å². The van der Waals surface area contributed by atoms with E-state index in [-0.39, 0.29) is 13.2 Å². The second kappa shape index (κ2) is 11.4. The number of carbonyl (C=O) groups is 2. The van der Waals surface area contributed by atoms with Crippen molar-refractivity contribution in [2.75, 3.05) is 18.6 Å². The lowest BCUT2D eigenvalue weighted by Gasteiger charge is -2.35. The highest BCUT2D eigenvalue weighted by Crippen LogP contribution is 2.40. The Morgan fingerprint density at radius 2 is 1.47 bits per heavy atom. The standard InChI is InChI=1S/C30H29NO5/c1-4-35-30(33)28-21(2)31(24-15-17-25(34-3)18-16-24)27(19-26(28)23-13-9-6-10-14-23)29(32)36-20-22-11-7-5-8-12-22/h5-19,26H,4,20H2,1-3H3. The minimum atomic E-state index is -0.488. The predicted molar refractivity (Wildman–Crippen MR) is 138 cm³/mol. The van der Waals surface area contributed by atoms with Crippen LogP contribution in [0.25, 0.3) is 0 Å². The predicted octanol–water partition coefficient (Wildman–Crippen LogP) is 5.76. The van der Waals surface area contributed by atoms with Crippen LogP contribution in [0.5, 0.6) is 5.75 Å². The monoisotopic (exact) mass is 483 g/mol. The maximum Gasteiger partial charge on any atom is 0.355 e. The molecule has 1 atom stereocenters. The summed E-state index contributed by atoms with van der Waals surface area (Å²) in [6, 6.07) is 26.4. The summed E-state index contributed by atoms with van der Waals surface area (Å²) in [6.45, 7) is 3.98. The van der Waals surface area contributed by atoms with Crippen LogP contribution in [-0.4, -0.2) is 25.7 Å². The zero-order valence-corrected chi connectivity index (χ0v) is 20.6. The number of methoxy groups -OCH3 is 1. The molecule has 4 rings (SSSR count). The Kier molecular flexibility index (Phi) is 7.85. The Labute approximate surface area is 211 Å². The fourth-order valence-corrected chi connectivity index (χ4v) is 4.27. The molecule has 0 saturated carbocycles. The van der Waals surface area contributed by atoms with Crippen molar-refractivity contribution in [3.8, 4) is 5.75 Å². The molecule has 0 saturated heterocycles. The zero-order chi connectivity index (χ0) is 25.5. The van der Waals surface area contributed by atoms with Gasteiger partial charge in [-0.05, 0) is 55.3 Å². The first kappa shape index (κ1) is 24.8. The smallest absolute Gasteiger partial charge is 0.355 e. The number of esters is 2. The highest BCUT2D eigenvalue weighted by Gasteiger charge is 2.36. The van der Waals surface area contributed by atoms with Crippen LogP contribution in [0.15, 0.2) is 108 Å². The first-order valence-electron chi connectivity index (χ1n) is 11.8. The number of benzene rings is 3. The average Bonchev–Trinajstić information content (AvgIpc) is 2.92. The number of rotatable bonds is 8. The summed E-state index contributed by atoms with van der Waals surface area (Å²) < 4.78 is 16.5. The van der Waals surface area contributed by atoms with Crippen LogP contribution in [-0.2, 0) is 25.7 Å². The molecule has 1 unspecified atom stereocenters.